The molecule has 0 fully saturated rings. The van der Waals surface area contributed by atoms with Crippen molar-refractivity contribution in [2.24, 2.45) is 0 Å². The molecule has 2 N–H and O–H groups in total. The first kappa shape index (κ1) is 22.2. The Kier molecular flexibility index (Phi) is 5.49. The van der Waals surface area contributed by atoms with Gasteiger partial charge < -0.3 is 19.6 Å². The molecule has 35 heavy (non-hydrogen) atoms. The van der Waals surface area contributed by atoms with E-state index in [1.165, 1.54) is 25.3 Å². The number of para-hydroxylation sites is 1. The number of hydrogen-bond acceptors (Lipinski definition) is 5. The largest absolute Gasteiger partial charge is 0.497 e. The second kappa shape index (κ2) is 8.64. The number of nitrogens with one attached hydrogen (secondary N) is 1. The van der Waals surface area contributed by atoms with Crippen LogP contribution in [0.25, 0.3) is 28.0 Å². The van der Waals surface area contributed by atoms with E-state index in [0.717, 1.165) is 11.3 Å². The van der Waals surface area contributed by atoms with Crippen molar-refractivity contribution in [1.29, 1.82) is 0 Å². The van der Waals surface area contributed by atoms with Crippen LogP contribution in [0.15, 0.2) is 71.1 Å². The van der Waals surface area contributed by atoms with Crippen molar-refractivity contribution < 1.29 is 23.4 Å². The van der Waals surface area contributed by atoms with E-state index in [1.54, 1.807) is 28.9 Å². The lowest BCUT2D eigenvalue weighted by molar-refractivity contribution is 0.0697. The van der Waals surface area contributed by atoms with Crippen LogP contribution < -0.4 is 10.1 Å². The summed E-state index contributed by atoms with van der Waals surface area (Å²) in [4.78, 5) is 12.0. The summed E-state index contributed by atoms with van der Waals surface area (Å²) >= 11 is 0. The molecule has 8 heteroatoms. The van der Waals surface area contributed by atoms with Gasteiger partial charge in [-0.1, -0.05) is 18.2 Å². The number of methoxy groups -OCH3 is 1. The standard InChI is InChI=1S/C27H22FN3O4/c1-15-6-4-5-7-22(15)31-26(29-21-10-9-19(34-3)14-20(21)27(32)33)25(16(2)30-31)24-13-17-12-18(28)8-11-23(17)35-24/h4-14,29H,1-3H3,(H,32,33). The van der Waals surface area contributed by atoms with Crippen LogP contribution in [0.3, 0.4) is 0 Å². The summed E-state index contributed by atoms with van der Waals surface area (Å²) in [6.07, 6.45) is 0. The molecule has 2 heterocycles. The van der Waals surface area contributed by atoms with Crippen molar-refractivity contribution in [3.8, 4) is 22.8 Å². The molecule has 0 amide bonds. The van der Waals surface area contributed by atoms with Crippen molar-refractivity contribution in [1.82, 2.24) is 9.78 Å². The molecule has 5 rings (SSSR count). The van der Waals surface area contributed by atoms with Crippen LogP contribution in [0.4, 0.5) is 15.9 Å². The van der Waals surface area contributed by atoms with Crippen molar-refractivity contribution in [2.45, 2.75) is 13.8 Å². The number of nitrogens with zero attached hydrogens (tertiary/aromatic N) is 2. The van der Waals surface area contributed by atoms with Crippen LogP contribution in [0.2, 0.25) is 0 Å². The van der Waals surface area contributed by atoms with Gasteiger partial charge in [0.25, 0.3) is 0 Å². The summed E-state index contributed by atoms with van der Waals surface area (Å²) in [6, 6.07) is 18.6. The minimum absolute atomic E-state index is 0.0390. The Morgan fingerprint density at radius 2 is 1.89 bits per heavy atom. The van der Waals surface area contributed by atoms with Gasteiger partial charge in [-0.3, -0.25) is 0 Å². The van der Waals surface area contributed by atoms with E-state index in [2.05, 4.69) is 5.32 Å². The molecule has 2 aromatic heterocycles. The topological polar surface area (TPSA) is 89.5 Å². The summed E-state index contributed by atoms with van der Waals surface area (Å²) in [5, 5.41) is 18.5. The molecular formula is C27H22FN3O4. The number of carboxylic acids is 1. The normalized spacial score (nSPS) is 11.1. The summed E-state index contributed by atoms with van der Waals surface area (Å²) in [5.41, 5.74) is 4.01. The average Bonchev–Trinajstić information content (AvgIpc) is 3.39. The van der Waals surface area contributed by atoms with Crippen LogP contribution in [-0.2, 0) is 0 Å². The smallest absolute Gasteiger partial charge is 0.337 e. The number of fused-ring (bicyclic) bond motifs is 1. The zero-order valence-electron chi connectivity index (χ0n) is 19.3. The Balaban J connectivity index is 1.75. The Bertz CT molecular complexity index is 1590. The van der Waals surface area contributed by atoms with Gasteiger partial charge in [0.05, 0.1) is 35.3 Å². The summed E-state index contributed by atoms with van der Waals surface area (Å²) < 4.78 is 26.8. The highest BCUT2D eigenvalue weighted by Gasteiger charge is 2.24. The predicted molar refractivity (Wildman–Crippen MR) is 131 cm³/mol. The third-order valence-electron chi connectivity index (χ3n) is 5.84. The number of aromatic carboxylic acids is 1. The number of rotatable bonds is 6. The van der Waals surface area contributed by atoms with E-state index >= 15 is 0 Å². The molecule has 0 aliphatic carbocycles. The molecule has 0 radical (unpaired) electrons. The minimum atomic E-state index is -1.11. The maximum atomic E-state index is 13.8. The van der Waals surface area contributed by atoms with Gasteiger partial charge in [0.1, 0.15) is 28.7 Å². The lowest BCUT2D eigenvalue weighted by atomic mass is 10.1. The van der Waals surface area contributed by atoms with E-state index in [-0.39, 0.29) is 11.4 Å². The molecule has 7 nitrogen and oxygen atoms in total. The maximum Gasteiger partial charge on any atom is 0.337 e. The first-order valence-electron chi connectivity index (χ1n) is 10.9. The number of aryl methyl sites for hydroxylation is 2. The van der Waals surface area contributed by atoms with E-state index < -0.39 is 5.97 Å². The van der Waals surface area contributed by atoms with Gasteiger partial charge in [0, 0.05) is 5.39 Å². The van der Waals surface area contributed by atoms with Crippen LogP contribution in [0.1, 0.15) is 21.6 Å². The number of hydrogen-bond donors (Lipinski definition) is 2. The Labute approximate surface area is 200 Å². The molecule has 0 saturated heterocycles. The van der Waals surface area contributed by atoms with Crippen molar-refractivity contribution >= 4 is 28.4 Å². The number of carbonyl (C=O) groups is 1. The number of aromatic nitrogens is 2. The quantitative estimate of drug-likeness (QED) is 0.294. The van der Waals surface area contributed by atoms with Gasteiger partial charge >= 0.3 is 5.97 Å². The number of carboxylic acid groups (broad SMARTS) is 1. The lowest BCUT2D eigenvalue weighted by Gasteiger charge is -2.15. The molecule has 176 valence electrons. The molecule has 0 aliphatic rings. The zero-order valence-corrected chi connectivity index (χ0v) is 19.3. The zero-order chi connectivity index (χ0) is 24.7. The Morgan fingerprint density at radius 3 is 2.63 bits per heavy atom. The number of anilines is 2. The maximum absolute atomic E-state index is 13.8. The summed E-state index contributed by atoms with van der Waals surface area (Å²) in [5.74, 6) is -0.0402. The fraction of sp³-hybridized carbons (Fsp3) is 0.111. The average molecular weight is 471 g/mol. The number of halogens is 1. The predicted octanol–water partition coefficient (Wildman–Crippen LogP) is 6.49. The van der Waals surface area contributed by atoms with E-state index in [9.17, 15) is 14.3 Å². The Hall–Kier alpha value is -4.59. The van der Waals surface area contributed by atoms with Crippen molar-refractivity contribution in [3.05, 3.63) is 89.4 Å². The summed E-state index contributed by atoms with van der Waals surface area (Å²) in [6.45, 7) is 3.81. The highest BCUT2D eigenvalue weighted by atomic mass is 19.1. The Morgan fingerprint density at radius 1 is 1.09 bits per heavy atom. The number of benzene rings is 3. The van der Waals surface area contributed by atoms with Crippen LogP contribution >= 0.6 is 0 Å². The second-order valence-electron chi connectivity index (χ2n) is 8.14. The molecule has 0 spiro atoms. The lowest BCUT2D eigenvalue weighted by Crippen LogP contribution is -2.08. The van der Waals surface area contributed by atoms with Gasteiger partial charge in [-0.15, -0.1) is 0 Å². The number of ether oxygens (including phenoxy) is 1. The molecule has 0 aliphatic heterocycles. The SMILES string of the molecule is COc1ccc(Nc2c(-c3cc4cc(F)ccc4o3)c(C)nn2-c2ccccc2C)c(C(=O)O)c1. The first-order valence-corrected chi connectivity index (χ1v) is 10.9. The minimum Gasteiger partial charge on any atom is -0.497 e. The fourth-order valence-electron chi connectivity index (χ4n) is 4.11. The third-order valence-corrected chi connectivity index (χ3v) is 5.84. The van der Waals surface area contributed by atoms with Gasteiger partial charge in [0.15, 0.2) is 0 Å². The van der Waals surface area contributed by atoms with Crippen molar-refractivity contribution in [3.63, 3.8) is 0 Å². The molecule has 0 bridgehead atoms. The highest BCUT2D eigenvalue weighted by Crippen LogP contribution is 2.39. The molecular weight excluding hydrogens is 449 g/mol. The monoisotopic (exact) mass is 471 g/mol. The molecule has 5 aromatic rings. The van der Waals surface area contributed by atoms with Gasteiger partial charge in [-0.2, -0.15) is 5.10 Å². The van der Waals surface area contributed by atoms with E-state index in [1.807, 2.05) is 38.1 Å². The number of furan rings is 1. The molecule has 0 unspecified atom stereocenters. The van der Waals surface area contributed by atoms with Gasteiger partial charge in [-0.25, -0.2) is 13.9 Å². The summed E-state index contributed by atoms with van der Waals surface area (Å²) in [7, 11) is 1.48. The van der Waals surface area contributed by atoms with E-state index in [4.69, 9.17) is 14.3 Å². The molecule has 0 saturated carbocycles. The van der Waals surface area contributed by atoms with Crippen LogP contribution in [0, 0.1) is 19.7 Å². The fourth-order valence-corrected chi connectivity index (χ4v) is 4.11. The first-order chi connectivity index (χ1) is 16.9. The van der Waals surface area contributed by atoms with Crippen molar-refractivity contribution in [2.75, 3.05) is 12.4 Å². The van der Waals surface area contributed by atoms with Gasteiger partial charge in [0.2, 0.25) is 0 Å². The van der Waals surface area contributed by atoms with Crippen LogP contribution in [0.5, 0.6) is 5.75 Å². The highest BCUT2D eigenvalue weighted by molar-refractivity contribution is 5.97. The van der Waals surface area contributed by atoms with Gasteiger partial charge in [-0.05, 0) is 67.9 Å². The molecule has 0 atom stereocenters. The van der Waals surface area contributed by atoms with Crippen LogP contribution in [-0.4, -0.2) is 28.0 Å². The van der Waals surface area contributed by atoms with E-state index in [0.29, 0.717) is 45.2 Å². The third kappa shape index (κ3) is 3.99. The second-order valence-corrected chi connectivity index (χ2v) is 8.14. The molecule has 3 aromatic carbocycles.